The molecule has 19 heavy (non-hydrogen) atoms. The van der Waals surface area contributed by atoms with Gasteiger partial charge in [0, 0.05) is 0 Å². The van der Waals surface area contributed by atoms with E-state index in [1.54, 1.807) is 6.92 Å². The Balaban J connectivity index is 2.92. The minimum Gasteiger partial charge on any atom is -0.478 e. The van der Waals surface area contributed by atoms with Crippen LogP contribution in [-0.4, -0.2) is 25.2 Å². The van der Waals surface area contributed by atoms with Gasteiger partial charge >= 0.3 is 5.97 Å². The highest BCUT2D eigenvalue weighted by molar-refractivity contribution is 5.75. The minimum atomic E-state index is -0.558. The van der Waals surface area contributed by atoms with Gasteiger partial charge < -0.3 is 15.2 Å². The SMILES string of the molecule is CCOC(=O)C(CC)Oc1c(C)cccc1CCN. The summed E-state index contributed by atoms with van der Waals surface area (Å²) >= 11 is 0. The summed E-state index contributed by atoms with van der Waals surface area (Å²) in [5, 5.41) is 0. The largest absolute Gasteiger partial charge is 0.478 e. The van der Waals surface area contributed by atoms with Crippen molar-refractivity contribution in [2.24, 2.45) is 5.73 Å². The first-order valence-corrected chi connectivity index (χ1v) is 6.75. The highest BCUT2D eigenvalue weighted by atomic mass is 16.6. The highest BCUT2D eigenvalue weighted by Crippen LogP contribution is 2.25. The molecule has 0 saturated carbocycles. The zero-order chi connectivity index (χ0) is 14.3. The smallest absolute Gasteiger partial charge is 0.347 e. The maximum atomic E-state index is 11.8. The molecule has 4 nitrogen and oxygen atoms in total. The van der Waals surface area contributed by atoms with Crippen LogP contribution in [0, 0.1) is 6.92 Å². The van der Waals surface area contributed by atoms with Crippen LogP contribution in [0.2, 0.25) is 0 Å². The Morgan fingerprint density at radius 2 is 2.11 bits per heavy atom. The lowest BCUT2D eigenvalue weighted by atomic mass is 10.1. The summed E-state index contributed by atoms with van der Waals surface area (Å²) in [6.07, 6.45) is 0.753. The molecule has 0 aromatic heterocycles. The Labute approximate surface area is 114 Å². The van der Waals surface area contributed by atoms with Crippen molar-refractivity contribution in [3.05, 3.63) is 29.3 Å². The van der Waals surface area contributed by atoms with Crippen molar-refractivity contribution in [1.29, 1.82) is 0 Å². The number of carbonyl (C=O) groups excluding carboxylic acids is 1. The monoisotopic (exact) mass is 265 g/mol. The van der Waals surface area contributed by atoms with Gasteiger partial charge in [0.1, 0.15) is 5.75 Å². The van der Waals surface area contributed by atoms with Crippen LogP contribution < -0.4 is 10.5 Å². The van der Waals surface area contributed by atoms with Crippen molar-refractivity contribution >= 4 is 5.97 Å². The van der Waals surface area contributed by atoms with Gasteiger partial charge in [-0.3, -0.25) is 0 Å². The maximum absolute atomic E-state index is 11.8. The Hall–Kier alpha value is -1.55. The summed E-state index contributed by atoms with van der Waals surface area (Å²) in [7, 11) is 0. The Morgan fingerprint density at radius 1 is 1.37 bits per heavy atom. The third kappa shape index (κ3) is 4.24. The molecule has 0 fully saturated rings. The van der Waals surface area contributed by atoms with E-state index >= 15 is 0 Å². The molecule has 2 N–H and O–H groups in total. The van der Waals surface area contributed by atoms with E-state index in [0.29, 0.717) is 19.6 Å². The van der Waals surface area contributed by atoms with Crippen LogP contribution in [-0.2, 0) is 16.0 Å². The predicted molar refractivity (Wildman–Crippen MR) is 75.3 cm³/mol. The number of hydrogen-bond donors (Lipinski definition) is 1. The van der Waals surface area contributed by atoms with Gasteiger partial charge in [-0.1, -0.05) is 25.1 Å². The molecule has 1 rings (SSSR count). The summed E-state index contributed by atoms with van der Waals surface area (Å²) < 4.78 is 10.9. The molecule has 1 aromatic carbocycles. The molecule has 0 aliphatic carbocycles. The van der Waals surface area contributed by atoms with Gasteiger partial charge in [-0.2, -0.15) is 0 Å². The van der Waals surface area contributed by atoms with Crippen LogP contribution in [0.4, 0.5) is 0 Å². The van der Waals surface area contributed by atoms with Gasteiger partial charge in [0.2, 0.25) is 0 Å². The van der Waals surface area contributed by atoms with E-state index in [4.69, 9.17) is 15.2 Å². The number of aryl methyl sites for hydroxylation is 1. The summed E-state index contributed by atoms with van der Waals surface area (Å²) in [6.45, 7) is 6.58. The molecule has 0 aliphatic heterocycles. The van der Waals surface area contributed by atoms with Crippen molar-refractivity contribution < 1.29 is 14.3 Å². The van der Waals surface area contributed by atoms with E-state index in [0.717, 1.165) is 23.3 Å². The molecule has 0 saturated heterocycles. The number of para-hydroxylation sites is 1. The standard InChI is InChI=1S/C15H23NO3/c1-4-13(15(17)18-5-2)19-14-11(3)7-6-8-12(14)9-10-16/h6-8,13H,4-5,9-10,16H2,1-3H3. The van der Waals surface area contributed by atoms with Crippen molar-refractivity contribution in [3.63, 3.8) is 0 Å². The van der Waals surface area contributed by atoms with E-state index in [2.05, 4.69) is 0 Å². The highest BCUT2D eigenvalue weighted by Gasteiger charge is 2.21. The zero-order valence-corrected chi connectivity index (χ0v) is 11.9. The summed E-state index contributed by atoms with van der Waals surface area (Å²) in [5.41, 5.74) is 7.64. The zero-order valence-electron chi connectivity index (χ0n) is 11.9. The summed E-state index contributed by atoms with van der Waals surface area (Å²) in [4.78, 5) is 11.8. The van der Waals surface area contributed by atoms with Crippen LogP contribution in [0.25, 0.3) is 0 Å². The second-order valence-corrected chi connectivity index (χ2v) is 4.37. The molecule has 0 aliphatic rings. The fourth-order valence-electron chi connectivity index (χ4n) is 1.91. The number of esters is 1. The third-order valence-corrected chi connectivity index (χ3v) is 2.89. The molecule has 0 amide bonds. The van der Waals surface area contributed by atoms with Crippen molar-refractivity contribution in [2.45, 2.75) is 39.7 Å². The number of nitrogens with two attached hydrogens (primary N) is 1. The first kappa shape index (κ1) is 15.5. The third-order valence-electron chi connectivity index (χ3n) is 2.89. The van der Waals surface area contributed by atoms with Crippen LogP contribution in [0.15, 0.2) is 18.2 Å². The van der Waals surface area contributed by atoms with Gasteiger partial charge in [0.05, 0.1) is 6.61 Å². The minimum absolute atomic E-state index is 0.313. The van der Waals surface area contributed by atoms with Gasteiger partial charge in [-0.25, -0.2) is 4.79 Å². The van der Waals surface area contributed by atoms with Crippen molar-refractivity contribution in [2.75, 3.05) is 13.2 Å². The second-order valence-electron chi connectivity index (χ2n) is 4.37. The normalized spacial score (nSPS) is 12.0. The molecular weight excluding hydrogens is 242 g/mol. The maximum Gasteiger partial charge on any atom is 0.347 e. The molecule has 1 atom stereocenters. The van der Waals surface area contributed by atoms with E-state index in [1.807, 2.05) is 32.0 Å². The average molecular weight is 265 g/mol. The first-order chi connectivity index (χ1) is 9.13. The van der Waals surface area contributed by atoms with Gasteiger partial charge in [0.15, 0.2) is 6.10 Å². The number of ether oxygens (including phenoxy) is 2. The molecule has 4 heteroatoms. The van der Waals surface area contributed by atoms with Crippen LogP contribution in [0.3, 0.4) is 0 Å². The molecule has 0 radical (unpaired) electrons. The van der Waals surface area contributed by atoms with Crippen LogP contribution in [0.5, 0.6) is 5.75 Å². The van der Waals surface area contributed by atoms with Crippen LogP contribution >= 0.6 is 0 Å². The number of rotatable bonds is 7. The average Bonchev–Trinajstić information content (AvgIpc) is 2.39. The molecular formula is C15H23NO3. The number of hydrogen-bond acceptors (Lipinski definition) is 4. The van der Waals surface area contributed by atoms with Gasteiger partial charge in [-0.05, 0) is 44.4 Å². The topological polar surface area (TPSA) is 61.5 Å². The predicted octanol–water partition coefficient (Wildman–Crippen LogP) is 2.22. The van der Waals surface area contributed by atoms with Crippen LogP contribution in [0.1, 0.15) is 31.4 Å². The van der Waals surface area contributed by atoms with Gasteiger partial charge in [0.25, 0.3) is 0 Å². The number of carbonyl (C=O) groups is 1. The molecule has 1 unspecified atom stereocenters. The lowest BCUT2D eigenvalue weighted by Crippen LogP contribution is -2.29. The Kier molecular flexibility index (Phi) is 6.36. The Morgan fingerprint density at radius 3 is 2.68 bits per heavy atom. The lowest BCUT2D eigenvalue weighted by molar-refractivity contribution is -0.151. The van der Waals surface area contributed by atoms with E-state index in [9.17, 15) is 4.79 Å². The molecule has 0 bridgehead atoms. The molecule has 0 spiro atoms. The molecule has 1 aromatic rings. The molecule has 0 heterocycles. The van der Waals surface area contributed by atoms with Crippen molar-refractivity contribution in [3.8, 4) is 5.75 Å². The summed E-state index contributed by atoms with van der Waals surface area (Å²) in [5.74, 6) is 0.444. The summed E-state index contributed by atoms with van der Waals surface area (Å²) in [6, 6.07) is 5.92. The Bertz CT molecular complexity index is 418. The fourth-order valence-corrected chi connectivity index (χ4v) is 1.91. The quantitative estimate of drug-likeness (QED) is 0.768. The second kappa shape index (κ2) is 7.79. The van der Waals surface area contributed by atoms with Crippen molar-refractivity contribution in [1.82, 2.24) is 0 Å². The van der Waals surface area contributed by atoms with E-state index < -0.39 is 6.10 Å². The number of benzene rings is 1. The molecule has 106 valence electrons. The lowest BCUT2D eigenvalue weighted by Gasteiger charge is -2.20. The van der Waals surface area contributed by atoms with E-state index in [-0.39, 0.29) is 5.97 Å². The fraction of sp³-hybridized carbons (Fsp3) is 0.533. The van der Waals surface area contributed by atoms with Gasteiger partial charge in [-0.15, -0.1) is 0 Å². The first-order valence-electron chi connectivity index (χ1n) is 6.75. The van der Waals surface area contributed by atoms with E-state index in [1.165, 1.54) is 0 Å².